The molecular formula is C15H20N6. The van der Waals surface area contributed by atoms with Gasteiger partial charge in [0.05, 0.1) is 0 Å². The summed E-state index contributed by atoms with van der Waals surface area (Å²) in [5.41, 5.74) is 6.92. The second-order valence-electron chi connectivity index (χ2n) is 5.26. The molecule has 0 aliphatic carbocycles. The second-order valence-corrected chi connectivity index (χ2v) is 5.26. The summed E-state index contributed by atoms with van der Waals surface area (Å²) >= 11 is 0. The molecule has 0 bridgehead atoms. The average molecular weight is 284 g/mol. The Kier molecular flexibility index (Phi) is 3.96. The van der Waals surface area contributed by atoms with Gasteiger partial charge in [0.2, 0.25) is 5.95 Å². The lowest BCUT2D eigenvalue weighted by Crippen LogP contribution is -2.47. The Morgan fingerprint density at radius 3 is 2.24 bits per heavy atom. The lowest BCUT2D eigenvalue weighted by atomic mass is 10.1. The number of nitrogens with zero attached hydrogens (tertiary/aromatic N) is 5. The van der Waals surface area contributed by atoms with E-state index in [4.69, 9.17) is 5.73 Å². The van der Waals surface area contributed by atoms with Crippen molar-refractivity contribution >= 4 is 11.8 Å². The summed E-state index contributed by atoms with van der Waals surface area (Å²) in [5, 5.41) is 0. The molecule has 0 aromatic carbocycles. The number of rotatable bonds is 3. The van der Waals surface area contributed by atoms with Crippen LogP contribution in [0.3, 0.4) is 0 Å². The molecule has 0 amide bonds. The van der Waals surface area contributed by atoms with Crippen molar-refractivity contribution in [2.24, 2.45) is 5.73 Å². The van der Waals surface area contributed by atoms with Gasteiger partial charge in [-0.2, -0.15) is 0 Å². The summed E-state index contributed by atoms with van der Waals surface area (Å²) < 4.78 is 0. The molecule has 2 aromatic rings. The zero-order chi connectivity index (χ0) is 14.7. The van der Waals surface area contributed by atoms with Gasteiger partial charge < -0.3 is 15.5 Å². The molecule has 2 N–H and O–H groups in total. The lowest BCUT2D eigenvalue weighted by Gasteiger charge is -2.35. The Morgan fingerprint density at radius 1 is 1.00 bits per heavy atom. The first kappa shape index (κ1) is 13.8. The monoisotopic (exact) mass is 284 g/mol. The first-order valence-electron chi connectivity index (χ1n) is 7.22. The van der Waals surface area contributed by atoms with Gasteiger partial charge in [0.25, 0.3) is 0 Å². The van der Waals surface area contributed by atoms with E-state index >= 15 is 0 Å². The van der Waals surface area contributed by atoms with Crippen molar-refractivity contribution in [1.82, 2.24) is 15.0 Å². The molecule has 1 saturated heterocycles. The van der Waals surface area contributed by atoms with Gasteiger partial charge in [-0.3, -0.25) is 0 Å². The van der Waals surface area contributed by atoms with Crippen LogP contribution in [0.25, 0.3) is 0 Å². The van der Waals surface area contributed by atoms with E-state index in [-0.39, 0.29) is 6.04 Å². The summed E-state index contributed by atoms with van der Waals surface area (Å²) in [6.45, 7) is 5.61. The van der Waals surface area contributed by atoms with E-state index in [1.807, 2.05) is 25.3 Å². The normalized spacial score (nSPS) is 16.9. The van der Waals surface area contributed by atoms with Crippen molar-refractivity contribution in [2.75, 3.05) is 36.0 Å². The molecule has 0 saturated carbocycles. The second kappa shape index (κ2) is 6.05. The van der Waals surface area contributed by atoms with Crippen molar-refractivity contribution < 1.29 is 0 Å². The molecule has 0 unspecified atom stereocenters. The van der Waals surface area contributed by atoms with Crippen LogP contribution < -0.4 is 15.5 Å². The first-order valence-corrected chi connectivity index (χ1v) is 7.22. The van der Waals surface area contributed by atoms with Gasteiger partial charge in [0.15, 0.2) is 0 Å². The van der Waals surface area contributed by atoms with Crippen molar-refractivity contribution in [1.29, 1.82) is 0 Å². The summed E-state index contributed by atoms with van der Waals surface area (Å²) in [7, 11) is 0. The highest BCUT2D eigenvalue weighted by molar-refractivity contribution is 5.43. The van der Waals surface area contributed by atoms with E-state index in [1.54, 1.807) is 12.4 Å². The zero-order valence-electron chi connectivity index (χ0n) is 12.2. The highest BCUT2D eigenvalue weighted by atomic mass is 15.3. The van der Waals surface area contributed by atoms with Gasteiger partial charge in [-0.15, -0.1) is 0 Å². The Balaban J connectivity index is 1.63. The van der Waals surface area contributed by atoms with Gasteiger partial charge in [0, 0.05) is 50.8 Å². The van der Waals surface area contributed by atoms with Crippen LogP contribution in [0.5, 0.6) is 0 Å². The Morgan fingerprint density at radius 2 is 1.67 bits per heavy atom. The molecule has 0 radical (unpaired) electrons. The summed E-state index contributed by atoms with van der Waals surface area (Å²) in [4.78, 5) is 17.6. The topological polar surface area (TPSA) is 71.2 Å². The molecule has 2 aromatic heterocycles. The molecule has 0 spiro atoms. The number of hydrogen-bond acceptors (Lipinski definition) is 6. The summed E-state index contributed by atoms with van der Waals surface area (Å²) in [5.74, 6) is 1.81. The predicted molar refractivity (Wildman–Crippen MR) is 83.3 cm³/mol. The maximum Gasteiger partial charge on any atom is 0.225 e. The van der Waals surface area contributed by atoms with Crippen LogP contribution in [0.1, 0.15) is 18.5 Å². The minimum Gasteiger partial charge on any atom is -0.353 e. The van der Waals surface area contributed by atoms with Crippen LogP contribution in [0, 0.1) is 0 Å². The third kappa shape index (κ3) is 3.11. The van der Waals surface area contributed by atoms with Gasteiger partial charge in [-0.05, 0) is 24.6 Å². The number of hydrogen-bond donors (Lipinski definition) is 1. The molecule has 1 fully saturated rings. The van der Waals surface area contributed by atoms with Gasteiger partial charge in [-0.25, -0.2) is 15.0 Å². The van der Waals surface area contributed by atoms with Crippen LogP contribution in [-0.2, 0) is 0 Å². The predicted octanol–water partition coefficient (Wildman–Crippen LogP) is 1.22. The smallest absolute Gasteiger partial charge is 0.225 e. The average Bonchev–Trinajstić information content (AvgIpc) is 2.56. The van der Waals surface area contributed by atoms with Crippen LogP contribution in [0.2, 0.25) is 0 Å². The van der Waals surface area contributed by atoms with Crippen LogP contribution in [0.15, 0.2) is 36.8 Å². The highest BCUT2D eigenvalue weighted by Gasteiger charge is 2.19. The van der Waals surface area contributed by atoms with Crippen LogP contribution in [-0.4, -0.2) is 41.1 Å². The molecule has 21 heavy (non-hydrogen) atoms. The highest BCUT2D eigenvalue weighted by Crippen LogP contribution is 2.17. The largest absolute Gasteiger partial charge is 0.353 e. The fourth-order valence-electron chi connectivity index (χ4n) is 2.44. The molecule has 1 aliphatic rings. The van der Waals surface area contributed by atoms with E-state index < -0.39 is 0 Å². The minimum atomic E-state index is 0.0265. The maximum absolute atomic E-state index is 5.85. The molecule has 6 nitrogen and oxygen atoms in total. The Hall–Kier alpha value is -2.21. The maximum atomic E-state index is 5.85. The van der Waals surface area contributed by atoms with Crippen molar-refractivity contribution in [2.45, 2.75) is 13.0 Å². The third-order valence-electron chi connectivity index (χ3n) is 3.74. The van der Waals surface area contributed by atoms with E-state index in [0.29, 0.717) is 0 Å². The van der Waals surface area contributed by atoms with Crippen molar-refractivity contribution in [3.63, 3.8) is 0 Å². The Bertz CT molecular complexity index is 560. The molecule has 3 heterocycles. The van der Waals surface area contributed by atoms with Gasteiger partial charge in [-0.1, -0.05) is 6.07 Å². The van der Waals surface area contributed by atoms with E-state index in [0.717, 1.165) is 43.5 Å². The van der Waals surface area contributed by atoms with Gasteiger partial charge >= 0.3 is 0 Å². The molecule has 6 heteroatoms. The molecule has 110 valence electrons. The number of aromatic nitrogens is 3. The first-order chi connectivity index (χ1) is 10.2. The number of pyridine rings is 1. The fraction of sp³-hybridized carbons (Fsp3) is 0.400. The zero-order valence-corrected chi connectivity index (χ0v) is 12.2. The summed E-state index contributed by atoms with van der Waals surface area (Å²) in [6, 6.07) is 5.97. The van der Waals surface area contributed by atoms with Crippen molar-refractivity contribution in [3.8, 4) is 0 Å². The van der Waals surface area contributed by atoms with E-state index in [1.165, 1.54) is 0 Å². The molecule has 1 aliphatic heterocycles. The van der Waals surface area contributed by atoms with Gasteiger partial charge in [0.1, 0.15) is 5.82 Å². The lowest BCUT2D eigenvalue weighted by molar-refractivity contribution is 0.634. The number of nitrogens with two attached hydrogens (primary N) is 1. The standard InChI is InChI=1S/C15H20N6/c1-12(16)13-3-4-14(19-11-13)20-7-9-21(10-8-20)15-17-5-2-6-18-15/h2-6,11-12H,7-10,16H2,1H3/t12-/m0/s1. The number of anilines is 2. The SMILES string of the molecule is C[C@H](N)c1ccc(N2CCN(c3ncccn3)CC2)nc1. The number of piperazine rings is 1. The Labute approximate surface area is 124 Å². The van der Waals surface area contributed by atoms with E-state index in [9.17, 15) is 0 Å². The third-order valence-corrected chi connectivity index (χ3v) is 3.74. The molecule has 1 atom stereocenters. The van der Waals surface area contributed by atoms with E-state index in [2.05, 4.69) is 30.8 Å². The quantitative estimate of drug-likeness (QED) is 0.913. The summed E-state index contributed by atoms with van der Waals surface area (Å²) in [6.07, 6.45) is 5.43. The molecule has 3 rings (SSSR count). The minimum absolute atomic E-state index is 0.0265. The van der Waals surface area contributed by atoms with Crippen LogP contribution in [0.4, 0.5) is 11.8 Å². The fourth-order valence-corrected chi connectivity index (χ4v) is 2.44. The van der Waals surface area contributed by atoms with Crippen molar-refractivity contribution in [3.05, 3.63) is 42.4 Å². The molecular weight excluding hydrogens is 264 g/mol. The van der Waals surface area contributed by atoms with Crippen LogP contribution >= 0.6 is 0 Å².